The maximum Gasteiger partial charge on any atom is 0.168 e. The highest BCUT2D eigenvalue weighted by atomic mass is 32.1. The van der Waals surface area contributed by atoms with E-state index >= 15 is 0 Å². The number of aromatic hydroxyl groups is 1. The van der Waals surface area contributed by atoms with Crippen LogP contribution in [0, 0.1) is 13.8 Å². The number of morpholine rings is 1. The number of nitrogens with one attached hydrogen (secondary N) is 1. The van der Waals surface area contributed by atoms with Crippen LogP contribution < -0.4 is 15.1 Å². The van der Waals surface area contributed by atoms with Gasteiger partial charge in [0, 0.05) is 18.7 Å². The lowest BCUT2D eigenvalue weighted by Crippen LogP contribution is -2.36. The number of nitrogens with zero attached hydrogens (tertiary/aromatic N) is 4. The first-order chi connectivity index (χ1) is 14.1. The Balaban J connectivity index is 1.62. The maximum atomic E-state index is 9.90. The molecule has 8 nitrogen and oxygen atoms in total. The van der Waals surface area contributed by atoms with Gasteiger partial charge >= 0.3 is 0 Å². The van der Waals surface area contributed by atoms with E-state index in [1.807, 2.05) is 13.0 Å². The Bertz CT molecular complexity index is 1060. The molecule has 9 heteroatoms. The third-order valence-electron chi connectivity index (χ3n) is 4.74. The summed E-state index contributed by atoms with van der Waals surface area (Å²) in [5.74, 6) is 1.86. The smallest absolute Gasteiger partial charge is 0.168 e. The third-order valence-corrected chi connectivity index (χ3v) is 6.09. The van der Waals surface area contributed by atoms with Crippen LogP contribution >= 0.6 is 11.3 Å². The summed E-state index contributed by atoms with van der Waals surface area (Å²) >= 11 is 1.67. The van der Waals surface area contributed by atoms with Gasteiger partial charge in [-0.1, -0.05) is 0 Å². The number of anilines is 2. The first kappa shape index (κ1) is 19.4. The van der Waals surface area contributed by atoms with Crippen LogP contribution in [-0.2, 0) is 4.74 Å². The highest BCUT2D eigenvalue weighted by molar-refractivity contribution is 7.23. The Labute approximate surface area is 172 Å². The fourth-order valence-corrected chi connectivity index (χ4v) is 4.53. The molecule has 1 aromatic carbocycles. The number of phenols is 1. The van der Waals surface area contributed by atoms with Crippen LogP contribution in [0.25, 0.3) is 10.2 Å². The van der Waals surface area contributed by atoms with Gasteiger partial charge in [0.15, 0.2) is 17.3 Å². The normalized spacial score (nSPS) is 14.7. The van der Waals surface area contributed by atoms with E-state index in [0.717, 1.165) is 47.6 Å². The van der Waals surface area contributed by atoms with Crippen molar-refractivity contribution >= 4 is 38.6 Å². The molecule has 152 valence electrons. The quantitative estimate of drug-likeness (QED) is 0.490. The molecule has 1 fully saturated rings. The minimum atomic E-state index is 0.0701. The highest BCUT2D eigenvalue weighted by Crippen LogP contribution is 2.40. The van der Waals surface area contributed by atoms with Crippen molar-refractivity contribution < 1.29 is 14.6 Å². The largest absolute Gasteiger partial charge is 0.504 e. The third kappa shape index (κ3) is 3.96. The lowest BCUT2D eigenvalue weighted by atomic mass is 10.2. The molecule has 3 heterocycles. The van der Waals surface area contributed by atoms with Crippen molar-refractivity contribution in [2.24, 2.45) is 5.10 Å². The van der Waals surface area contributed by atoms with Crippen molar-refractivity contribution in [3.05, 3.63) is 35.2 Å². The summed E-state index contributed by atoms with van der Waals surface area (Å²) in [6.45, 7) is 7.21. The Morgan fingerprint density at radius 2 is 2.07 bits per heavy atom. The maximum absolute atomic E-state index is 9.90. The average Bonchev–Trinajstić information content (AvgIpc) is 3.05. The molecule has 0 unspecified atom stereocenters. The van der Waals surface area contributed by atoms with Gasteiger partial charge in [0.1, 0.15) is 5.82 Å². The van der Waals surface area contributed by atoms with Crippen molar-refractivity contribution in [2.75, 3.05) is 43.7 Å². The summed E-state index contributed by atoms with van der Waals surface area (Å²) in [5, 5.41) is 15.4. The average molecular weight is 414 g/mol. The van der Waals surface area contributed by atoms with Crippen molar-refractivity contribution in [3.63, 3.8) is 0 Å². The van der Waals surface area contributed by atoms with Crippen molar-refractivity contribution in [1.82, 2.24) is 9.97 Å². The van der Waals surface area contributed by atoms with Gasteiger partial charge in [0.25, 0.3) is 0 Å². The molecule has 0 amide bonds. The minimum absolute atomic E-state index is 0.0701. The van der Waals surface area contributed by atoms with Crippen molar-refractivity contribution in [3.8, 4) is 11.5 Å². The lowest BCUT2D eigenvalue weighted by Gasteiger charge is -2.28. The molecular formula is C20H23N5O3S. The van der Waals surface area contributed by atoms with E-state index in [4.69, 9.17) is 9.47 Å². The number of hydrogen-bond acceptors (Lipinski definition) is 9. The van der Waals surface area contributed by atoms with Gasteiger partial charge in [-0.05, 0) is 37.6 Å². The molecule has 2 aromatic heterocycles. The molecule has 0 radical (unpaired) electrons. The number of hydrazone groups is 1. The number of thiophene rings is 1. The second-order valence-corrected chi connectivity index (χ2v) is 7.73. The van der Waals surface area contributed by atoms with Gasteiger partial charge in [0.2, 0.25) is 0 Å². The molecule has 2 N–H and O–H groups in total. The molecule has 3 aromatic rings. The number of fused-ring (bicyclic) bond motifs is 1. The summed E-state index contributed by atoms with van der Waals surface area (Å²) in [6, 6.07) is 5.11. The zero-order valence-corrected chi connectivity index (χ0v) is 17.4. The van der Waals surface area contributed by atoms with Crippen LogP contribution in [0.2, 0.25) is 0 Å². The fraction of sp³-hybridized carbons (Fsp3) is 0.350. The van der Waals surface area contributed by atoms with E-state index < -0.39 is 0 Å². The summed E-state index contributed by atoms with van der Waals surface area (Å²) in [6.07, 6.45) is 1.63. The molecule has 29 heavy (non-hydrogen) atoms. The molecule has 0 saturated carbocycles. The van der Waals surface area contributed by atoms with E-state index in [1.54, 1.807) is 29.7 Å². The van der Waals surface area contributed by atoms with Crippen molar-refractivity contribution in [1.29, 1.82) is 0 Å². The predicted molar refractivity (Wildman–Crippen MR) is 116 cm³/mol. The lowest BCUT2D eigenvalue weighted by molar-refractivity contribution is 0.123. The van der Waals surface area contributed by atoms with Crippen LogP contribution in [0.4, 0.5) is 10.8 Å². The molecule has 4 rings (SSSR count). The van der Waals surface area contributed by atoms with Crippen LogP contribution in [0.15, 0.2) is 23.3 Å². The van der Waals surface area contributed by atoms with Crippen LogP contribution in [0.5, 0.6) is 11.5 Å². The zero-order chi connectivity index (χ0) is 20.4. The van der Waals surface area contributed by atoms with E-state index in [1.165, 1.54) is 12.1 Å². The van der Waals surface area contributed by atoms with Gasteiger partial charge in [0.05, 0.1) is 41.8 Å². The molecule has 1 aliphatic rings. The fourth-order valence-electron chi connectivity index (χ4n) is 3.29. The van der Waals surface area contributed by atoms with E-state index in [2.05, 4.69) is 32.3 Å². The molecule has 0 atom stereocenters. The van der Waals surface area contributed by atoms with E-state index in [0.29, 0.717) is 17.4 Å². The number of aryl methyl sites for hydroxylation is 2. The number of aromatic nitrogens is 2. The summed E-state index contributed by atoms with van der Waals surface area (Å²) in [4.78, 5) is 11.5. The topological polar surface area (TPSA) is 92.1 Å². The second-order valence-electron chi connectivity index (χ2n) is 6.73. The van der Waals surface area contributed by atoms with Crippen molar-refractivity contribution in [2.45, 2.75) is 13.8 Å². The molecule has 0 aliphatic carbocycles. The van der Waals surface area contributed by atoms with Crippen LogP contribution in [0.1, 0.15) is 17.0 Å². The Kier molecular flexibility index (Phi) is 5.50. The number of benzene rings is 1. The number of ether oxygens (including phenoxy) is 2. The zero-order valence-electron chi connectivity index (χ0n) is 16.6. The number of phenolic OH excluding ortho intramolecular Hbond substituents is 1. The second kappa shape index (κ2) is 8.22. The molecule has 1 aliphatic heterocycles. The van der Waals surface area contributed by atoms with E-state index in [-0.39, 0.29) is 5.75 Å². The molecule has 1 saturated heterocycles. The van der Waals surface area contributed by atoms with E-state index in [9.17, 15) is 5.11 Å². The summed E-state index contributed by atoms with van der Waals surface area (Å²) in [7, 11) is 1.52. The first-order valence-corrected chi connectivity index (χ1v) is 10.1. The Hall–Kier alpha value is -2.91. The number of rotatable bonds is 5. The summed E-state index contributed by atoms with van der Waals surface area (Å²) < 4.78 is 11.5. The molecule has 0 spiro atoms. The first-order valence-electron chi connectivity index (χ1n) is 9.33. The Morgan fingerprint density at radius 1 is 1.28 bits per heavy atom. The predicted octanol–water partition coefficient (Wildman–Crippen LogP) is 3.30. The molecular weight excluding hydrogens is 390 g/mol. The Morgan fingerprint density at radius 3 is 2.79 bits per heavy atom. The summed E-state index contributed by atoms with van der Waals surface area (Å²) in [5.41, 5.74) is 5.89. The number of hydrogen-bond donors (Lipinski definition) is 2. The highest BCUT2D eigenvalue weighted by Gasteiger charge is 2.20. The number of methoxy groups -OCH3 is 1. The van der Waals surface area contributed by atoms with Crippen LogP contribution in [0.3, 0.4) is 0 Å². The van der Waals surface area contributed by atoms with Gasteiger partial charge in [-0.3, -0.25) is 5.43 Å². The monoisotopic (exact) mass is 413 g/mol. The molecule has 0 bridgehead atoms. The minimum Gasteiger partial charge on any atom is -0.504 e. The standard InChI is InChI=1S/C20H23N5O3S/c1-12-17-18(29-20(12)25-6-8-28-9-7-25)19(23-13(2)22-17)24-21-11-14-4-5-16(27-3)15(26)10-14/h4-5,10-11,26H,6-9H2,1-3H3,(H,22,23,24)/b21-11+. The van der Waals surface area contributed by atoms with Gasteiger partial charge in [-0.15, -0.1) is 11.3 Å². The van der Waals surface area contributed by atoms with Crippen LogP contribution in [-0.4, -0.2) is 54.7 Å². The SMILES string of the molecule is COc1ccc(/C=N/Nc2nc(C)nc3c(C)c(N4CCOCC4)sc23)cc1O. The van der Waals surface area contributed by atoms with Gasteiger partial charge < -0.3 is 19.5 Å². The van der Waals surface area contributed by atoms with Gasteiger partial charge in [-0.2, -0.15) is 5.10 Å². The van der Waals surface area contributed by atoms with Gasteiger partial charge in [-0.25, -0.2) is 9.97 Å².